The quantitative estimate of drug-likeness (QED) is 0.167. The van der Waals surface area contributed by atoms with Gasteiger partial charge in [-0.2, -0.15) is 0 Å². The molecule has 2 nitrogen and oxygen atoms in total. The van der Waals surface area contributed by atoms with Crippen LogP contribution in [0.15, 0.2) is 146 Å². The van der Waals surface area contributed by atoms with Gasteiger partial charge in [0.15, 0.2) is 0 Å². The second-order valence-corrected chi connectivity index (χ2v) is 13.1. The Morgan fingerprint density at radius 2 is 1.17 bits per heavy atom. The molecule has 4 aliphatic rings. The number of para-hydroxylation sites is 1. The van der Waals surface area contributed by atoms with Crippen molar-refractivity contribution in [2.45, 2.75) is 32.2 Å². The summed E-state index contributed by atoms with van der Waals surface area (Å²) in [6.07, 6.45) is 10.7. The van der Waals surface area contributed by atoms with Crippen LogP contribution in [0.4, 0.5) is 0 Å². The Kier molecular flexibility index (Phi) is 7.33. The van der Waals surface area contributed by atoms with Crippen molar-refractivity contribution in [3.63, 3.8) is 0 Å². The molecule has 0 aliphatic heterocycles. The van der Waals surface area contributed by atoms with Crippen molar-refractivity contribution in [3.8, 4) is 5.69 Å². The third kappa shape index (κ3) is 5.67. The van der Waals surface area contributed by atoms with Crippen LogP contribution in [0.25, 0.3) is 5.69 Å². The average molecular weight is 550 g/mol. The second-order valence-electron chi connectivity index (χ2n) is 10.9. The van der Waals surface area contributed by atoms with Gasteiger partial charge in [-0.15, -0.1) is 0 Å². The highest BCUT2D eigenvalue weighted by Crippen LogP contribution is 2.35. The maximum absolute atomic E-state index is 2.53. The molecule has 1 heterocycles. The molecule has 6 aromatic rings. The standard InChI is InChI=1S/C38H34N2P/c1-4-10-35(11-5-1)40-25-24-39(29-40)28-34-26-30-16-20-32(34)21-17-31-19-23-33(22-18-30)38(27-31)41(36-12-6-2-7-13-36)37-14-8-3-9-15-37/h1-16,19-20,23-27,29H,17-18,21-22,28H2/q+1. The van der Waals surface area contributed by atoms with Crippen molar-refractivity contribution in [1.82, 2.24) is 4.57 Å². The van der Waals surface area contributed by atoms with E-state index >= 15 is 0 Å². The average Bonchev–Trinajstić information content (AvgIpc) is 3.49. The van der Waals surface area contributed by atoms with Crippen molar-refractivity contribution >= 4 is 23.8 Å². The summed E-state index contributed by atoms with van der Waals surface area (Å²) in [7, 11) is -0.618. The molecule has 0 unspecified atom stereocenters. The molecule has 0 saturated heterocycles. The highest BCUT2D eigenvalue weighted by atomic mass is 31.1. The van der Waals surface area contributed by atoms with E-state index in [4.69, 9.17) is 0 Å². The highest BCUT2D eigenvalue weighted by Gasteiger charge is 2.21. The number of hydrogen-bond donors (Lipinski definition) is 0. The molecule has 0 atom stereocenters. The minimum Gasteiger partial charge on any atom is -0.232 e. The molecule has 0 radical (unpaired) electrons. The van der Waals surface area contributed by atoms with Gasteiger partial charge in [-0.05, 0) is 89.5 Å². The van der Waals surface area contributed by atoms with Crippen LogP contribution in [0.2, 0.25) is 0 Å². The normalized spacial score (nSPS) is 12.8. The molecule has 0 N–H and O–H groups in total. The van der Waals surface area contributed by atoms with Crippen LogP contribution >= 0.6 is 7.92 Å². The first-order chi connectivity index (χ1) is 20.3. The van der Waals surface area contributed by atoms with Crippen molar-refractivity contribution in [2.75, 3.05) is 0 Å². The number of rotatable bonds is 6. The van der Waals surface area contributed by atoms with Gasteiger partial charge in [0.2, 0.25) is 6.33 Å². The van der Waals surface area contributed by atoms with Crippen molar-refractivity contribution in [3.05, 3.63) is 174 Å². The molecule has 10 rings (SSSR count). The minimum absolute atomic E-state index is 0.618. The first-order valence-corrected chi connectivity index (χ1v) is 15.9. The van der Waals surface area contributed by atoms with E-state index in [1.165, 1.54) is 49.4 Å². The largest absolute Gasteiger partial charge is 0.249 e. The van der Waals surface area contributed by atoms with Gasteiger partial charge in [-0.25, -0.2) is 9.13 Å². The summed E-state index contributed by atoms with van der Waals surface area (Å²) in [6.45, 7) is 0.888. The van der Waals surface area contributed by atoms with Gasteiger partial charge in [0.05, 0.1) is 0 Å². The number of imidazole rings is 1. The van der Waals surface area contributed by atoms with E-state index in [2.05, 4.69) is 155 Å². The van der Waals surface area contributed by atoms with Gasteiger partial charge < -0.3 is 0 Å². The number of benzene rings is 5. The van der Waals surface area contributed by atoms with Crippen LogP contribution < -0.4 is 20.5 Å². The molecule has 3 heteroatoms. The number of aryl methyl sites for hydroxylation is 4. The lowest BCUT2D eigenvalue weighted by atomic mass is 9.93. The highest BCUT2D eigenvalue weighted by molar-refractivity contribution is 7.79. The van der Waals surface area contributed by atoms with E-state index in [1.807, 2.05) is 0 Å². The van der Waals surface area contributed by atoms with Crippen molar-refractivity contribution in [1.29, 1.82) is 0 Å². The van der Waals surface area contributed by atoms with Gasteiger partial charge in [0, 0.05) is 0 Å². The molecule has 200 valence electrons. The first kappa shape index (κ1) is 25.7. The summed E-state index contributed by atoms with van der Waals surface area (Å²) < 4.78 is 4.50. The Bertz CT molecular complexity index is 1720. The lowest BCUT2D eigenvalue weighted by Gasteiger charge is -2.24. The molecule has 0 fully saturated rings. The Balaban J connectivity index is 1.21. The Morgan fingerprint density at radius 1 is 0.585 bits per heavy atom. The molecule has 4 aliphatic carbocycles. The third-order valence-electron chi connectivity index (χ3n) is 8.15. The topological polar surface area (TPSA) is 8.81 Å². The minimum atomic E-state index is -0.618. The van der Waals surface area contributed by atoms with E-state index in [-0.39, 0.29) is 0 Å². The SMILES string of the molecule is c1ccc(-n2cc[n+](Cc3cc4ccc3CCc3ccc(c(P(c5ccccc5)c5ccccc5)c3)CC4)c2)cc1. The van der Waals surface area contributed by atoms with Crippen LogP contribution in [0.1, 0.15) is 27.8 Å². The predicted octanol–water partition coefficient (Wildman–Crippen LogP) is 6.46. The Hall–Kier alpha value is -4.26. The number of nitrogens with zero attached hydrogens (tertiary/aromatic N) is 2. The molecule has 0 spiro atoms. The van der Waals surface area contributed by atoms with Crippen LogP contribution in [0.3, 0.4) is 0 Å². The fourth-order valence-corrected chi connectivity index (χ4v) is 8.55. The van der Waals surface area contributed by atoms with Crippen LogP contribution in [-0.4, -0.2) is 4.57 Å². The third-order valence-corrected chi connectivity index (χ3v) is 10.7. The van der Waals surface area contributed by atoms with Gasteiger partial charge in [-0.1, -0.05) is 115 Å². The summed E-state index contributed by atoms with van der Waals surface area (Å²) >= 11 is 0. The molecule has 5 aromatic carbocycles. The van der Waals surface area contributed by atoms with Gasteiger partial charge >= 0.3 is 0 Å². The van der Waals surface area contributed by atoms with E-state index in [9.17, 15) is 0 Å². The zero-order chi connectivity index (χ0) is 27.4. The monoisotopic (exact) mass is 549 g/mol. The summed E-state index contributed by atoms with van der Waals surface area (Å²) in [5.41, 5.74) is 8.41. The van der Waals surface area contributed by atoms with E-state index in [0.717, 1.165) is 32.2 Å². The smallest absolute Gasteiger partial charge is 0.232 e. The molecule has 0 amide bonds. The Labute approximate surface area is 244 Å². The van der Waals surface area contributed by atoms with Crippen LogP contribution in [-0.2, 0) is 32.2 Å². The maximum atomic E-state index is 2.53. The first-order valence-electron chi connectivity index (χ1n) is 14.6. The van der Waals surface area contributed by atoms with E-state index < -0.39 is 7.92 Å². The van der Waals surface area contributed by atoms with Gasteiger partial charge in [0.25, 0.3) is 0 Å². The second kappa shape index (κ2) is 11.7. The fourth-order valence-electron chi connectivity index (χ4n) is 5.99. The number of hydrogen-bond acceptors (Lipinski definition) is 0. The summed E-state index contributed by atoms with van der Waals surface area (Å²) in [4.78, 5) is 0. The Morgan fingerprint density at radius 3 is 1.85 bits per heavy atom. The molecule has 41 heavy (non-hydrogen) atoms. The molecule has 4 bridgehead atoms. The van der Waals surface area contributed by atoms with Crippen molar-refractivity contribution < 1.29 is 4.57 Å². The molecular formula is C38H34N2P+. The lowest BCUT2D eigenvalue weighted by Crippen LogP contribution is -2.32. The predicted molar refractivity (Wildman–Crippen MR) is 171 cm³/mol. The molecule has 1 aromatic heterocycles. The fraction of sp³-hybridized carbons (Fsp3) is 0.132. The molecule has 0 saturated carbocycles. The molecular weight excluding hydrogens is 515 g/mol. The van der Waals surface area contributed by atoms with E-state index in [0.29, 0.717) is 0 Å². The lowest BCUT2D eigenvalue weighted by molar-refractivity contribution is -0.687. The van der Waals surface area contributed by atoms with E-state index in [1.54, 1.807) is 0 Å². The van der Waals surface area contributed by atoms with Crippen LogP contribution in [0.5, 0.6) is 0 Å². The zero-order valence-corrected chi connectivity index (χ0v) is 24.1. The zero-order valence-electron chi connectivity index (χ0n) is 23.2. The summed E-state index contributed by atoms with van der Waals surface area (Å²) in [5, 5.41) is 4.36. The van der Waals surface area contributed by atoms with Gasteiger partial charge in [-0.3, -0.25) is 0 Å². The van der Waals surface area contributed by atoms with Crippen molar-refractivity contribution in [2.24, 2.45) is 0 Å². The summed E-state index contributed by atoms with van der Waals surface area (Å²) in [5.74, 6) is 0. The van der Waals surface area contributed by atoms with Crippen LogP contribution in [0, 0.1) is 0 Å². The van der Waals surface area contributed by atoms with Gasteiger partial charge in [0.1, 0.15) is 24.6 Å². The number of aromatic nitrogens is 2. The maximum Gasteiger partial charge on any atom is 0.249 e. The summed E-state index contributed by atoms with van der Waals surface area (Å²) in [6, 6.07) is 47.3.